The fourth-order valence-corrected chi connectivity index (χ4v) is 4.27. The number of alkyl halides is 3. The van der Waals surface area contributed by atoms with Crippen molar-refractivity contribution in [3.05, 3.63) is 66.4 Å². The van der Waals surface area contributed by atoms with Gasteiger partial charge in [0.25, 0.3) is 0 Å². The SMILES string of the molecule is CCn1c(-c2nonc2N)nc2c(-c3ccccc3)ncc(OCCCNCCc3ccc(O)cc3)c21.O=C(O)C(F)(F)F. The quantitative estimate of drug-likeness (QED) is 0.152. The van der Waals surface area contributed by atoms with Crippen LogP contribution in [0.5, 0.6) is 11.5 Å². The number of ether oxygens (including phenoxy) is 1. The lowest BCUT2D eigenvalue weighted by Crippen LogP contribution is -2.21. The van der Waals surface area contributed by atoms with E-state index in [0.29, 0.717) is 35.9 Å². The monoisotopic (exact) mass is 613 g/mol. The first-order valence-electron chi connectivity index (χ1n) is 13.5. The van der Waals surface area contributed by atoms with Crippen LogP contribution in [0.2, 0.25) is 0 Å². The Labute approximate surface area is 249 Å². The van der Waals surface area contributed by atoms with Crippen LogP contribution in [0.3, 0.4) is 0 Å². The molecule has 0 bridgehead atoms. The van der Waals surface area contributed by atoms with E-state index >= 15 is 0 Å². The number of rotatable bonds is 11. The first-order chi connectivity index (χ1) is 21.1. The minimum Gasteiger partial charge on any atom is -0.508 e. The van der Waals surface area contributed by atoms with E-state index in [-0.39, 0.29) is 11.6 Å². The average Bonchev–Trinajstić information content (AvgIpc) is 3.61. The Morgan fingerprint density at radius 1 is 1.07 bits per heavy atom. The third kappa shape index (κ3) is 7.80. The number of hydrogen-bond acceptors (Lipinski definition) is 10. The molecule has 3 aromatic heterocycles. The van der Waals surface area contributed by atoms with Gasteiger partial charge in [-0.25, -0.2) is 19.4 Å². The summed E-state index contributed by atoms with van der Waals surface area (Å²) in [4.78, 5) is 18.5. The van der Waals surface area contributed by atoms with Gasteiger partial charge in [-0.15, -0.1) is 0 Å². The maximum atomic E-state index is 10.6. The number of anilines is 1. The number of benzene rings is 2. The molecule has 12 nitrogen and oxygen atoms in total. The van der Waals surface area contributed by atoms with Gasteiger partial charge < -0.3 is 30.6 Å². The Morgan fingerprint density at radius 3 is 2.39 bits per heavy atom. The van der Waals surface area contributed by atoms with E-state index in [1.807, 2.05) is 54.0 Å². The van der Waals surface area contributed by atoms with Crippen LogP contribution >= 0.6 is 0 Å². The van der Waals surface area contributed by atoms with Gasteiger partial charge in [-0.1, -0.05) is 42.5 Å². The molecule has 2 aromatic carbocycles. The van der Waals surface area contributed by atoms with Crippen LogP contribution in [0.25, 0.3) is 33.8 Å². The molecule has 5 N–H and O–H groups in total. The second-order valence-corrected chi connectivity index (χ2v) is 9.38. The van der Waals surface area contributed by atoms with Crippen LogP contribution in [0.1, 0.15) is 18.9 Å². The smallest absolute Gasteiger partial charge is 0.490 e. The van der Waals surface area contributed by atoms with Crippen LogP contribution in [-0.2, 0) is 17.8 Å². The van der Waals surface area contributed by atoms with E-state index in [1.165, 1.54) is 5.56 Å². The lowest BCUT2D eigenvalue weighted by molar-refractivity contribution is -0.192. The maximum Gasteiger partial charge on any atom is 0.490 e. The number of nitrogens with two attached hydrogens (primary N) is 1. The molecule has 0 aliphatic rings. The Bertz CT molecular complexity index is 1670. The van der Waals surface area contributed by atoms with Crippen molar-refractivity contribution >= 4 is 22.8 Å². The van der Waals surface area contributed by atoms with Gasteiger partial charge in [0.15, 0.2) is 23.1 Å². The molecule has 15 heteroatoms. The number of nitrogens with zero attached hydrogens (tertiary/aromatic N) is 5. The fourth-order valence-electron chi connectivity index (χ4n) is 4.27. The minimum absolute atomic E-state index is 0.181. The number of aryl methyl sites for hydroxylation is 1. The highest BCUT2D eigenvalue weighted by Gasteiger charge is 2.38. The highest BCUT2D eigenvalue weighted by Crippen LogP contribution is 2.36. The lowest BCUT2D eigenvalue weighted by Gasteiger charge is -2.12. The van der Waals surface area contributed by atoms with Crippen LogP contribution in [-0.4, -0.2) is 66.9 Å². The van der Waals surface area contributed by atoms with Gasteiger partial charge in [0, 0.05) is 12.1 Å². The number of phenols is 1. The van der Waals surface area contributed by atoms with E-state index in [9.17, 15) is 18.3 Å². The summed E-state index contributed by atoms with van der Waals surface area (Å²) in [7, 11) is 0. The van der Waals surface area contributed by atoms with Gasteiger partial charge in [0.05, 0.1) is 18.5 Å². The molecule has 0 saturated heterocycles. The second kappa shape index (κ2) is 14.3. The molecule has 0 spiro atoms. The molecule has 0 radical (unpaired) electrons. The molecular weight excluding hydrogens is 583 g/mol. The standard InChI is InChI=1S/C27H29N7O3.C2HF3O2/c1-2-34-25-21(36-16-6-14-29-15-13-18-9-11-20(35)12-10-18)17-30-22(19-7-4-3-5-8-19)23(25)31-27(34)24-26(28)33-37-32-24;3-2(4,5)1(6)7/h3-5,7-12,17,29,35H,2,6,13-16H2,1H3,(H2,28,33);(H,6,7). The number of aliphatic carboxylic acids is 1. The zero-order valence-electron chi connectivity index (χ0n) is 23.6. The second-order valence-electron chi connectivity index (χ2n) is 9.38. The zero-order chi connectivity index (χ0) is 31.7. The summed E-state index contributed by atoms with van der Waals surface area (Å²) < 4.78 is 44.8. The molecule has 232 valence electrons. The number of fused-ring (bicyclic) bond motifs is 1. The molecule has 5 aromatic rings. The summed E-state index contributed by atoms with van der Waals surface area (Å²) in [6.07, 6.45) is -1.61. The number of nitrogen functional groups attached to an aromatic ring is 1. The number of phenolic OH excluding ortho intramolecular Hbond substituents is 1. The molecular formula is C29H30F3N7O5. The number of carbonyl (C=O) groups is 1. The number of carboxylic acids is 1. The van der Waals surface area contributed by atoms with Gasteiger partial charge in [0.1, 0.15) is 16.8 Å². The van der Waals surface area contributed by atoms with Gasteiger partial charge in [-0.05, 0) is 60.9 Å². The molecule has 0 unspecified atom stereocenters. The number of hydrogen-bond donors (Lipinski definition) is 4. The average molecular weight is 614 g/mol. The highest BCUT2D eigenvalue weighted by atomic mass is 19.4. The zero-order valence-corrected chi connectivity index (χ0v) is 23.6. The number of carboxylic acid groups (broad SMARTS) is 1. The summed E-state index contributed by atoms with van der Waals surface area (Å²) in [5, 5.41) is 27.7. The number of nitrogens with one attached hydrogen (secondary N) is 1. The van der Waals surface area contributed by atoms with E-state index in [2.05, 4.69) is 15.6 Å². The summed E-state index contributed by atoms with van der Waals surface area (Å²) >= 11 is 0. The summed E-state index contributed by atoms with van der Waals surface area (Å²) in [6.45, 7) is 4.83. The van der Waals surface area contributed by atoms with Crippen molar-refractivity contribution in [1.29, 1.82) is 0 Å². The molecule has 44 heavy (non-hydrogen) atoms. The Hall–Kier alpha value is -5.18. The predicted molar refractivity (Wildman–Crippen MR) is 155 cm³/mol. The van der Waals surface area contributed by atoms with Gasteiger partial charge in [0.2, 0.25) is 0 Å². The van der Waals surface area contributed by atoms with Gasteiger partial charge in [-0.3, -0.25) is 0 Å². The topological polar surface area (TPSA) is 174 Å². The summed E-state index contributed by atoms with van der Waals surface area (Å²) in [5.41, 5.74) is 10.8. The van der Waals surface area contributed by atoms with E-state index in [1.54, 1.807) is 18.3 Å². The van der Waals surface area contributed by atoms with Crippen LogP contribution in [0, 0.1) is 0 Å². The number of aromatic nitrogens is 5. The Kier molecular flexibility index (Phi) is 10.3. The number of aromatic hydroxyl groups is 1. The minimum atomic E-state index is -5.08. The van der Waals surface area contributed by atoms with Gasteiger partial charge >= 0.3 is 12.1 Å². The molecule has 0 aliphatic carbocycles. The van der Waals surface area contributed by atoms with E-state index in [4.69, 9.17) is 35.0 Å². The van der Waals surface area contributed by atoms with Crippen LogP contribution < -0.4 is 15.8 Å². The predicted octanol–water partition coefficient (Wildman–Crippen LogP) is 4.69. The highest BCUT2D eigenvalue weighted by molar-refractivity contribution is 5.95. The number of pyridine rings is 1. The lowest BCUT2D eigenvalue weighted by atomic mass is 10.1. The van der Waals surface area contributed by atoms with Crippen molar-refractivity contribution in [2.75, 3.05) is 25.4 Å². The van der Waals surface area contributed by atoms with Crippen molar-refractivity contribution in [3.8, 4) is 34.3 Å². The molecule has 0 atom stereocenters. The van der Waals surface area contributed by atoms with Crippen molar-refractivity contribution < 1.29 is 37.5 Å². The van der Waals surface area contributed by atoms with E-state index in [0.717, 1.165) is 42.7 Å². The van der Waals surface area contributed by atoms with Crippen LogP contribution in [0.4, 0.5) is 19.0 Å². The molecule has 5 rings (SSSR count). The number of halogens is 3. The third-order valence-corrected chi connectivity index (χ3v) is 6.35. The first-order valence-corrected chi connectivity index (χ1v) is 13.5. The number of imidazole rings is 1. The molecule has 3 heterocycles. The molecule has 0 saturated carbocycles. The third-order valence-electron chi connectivity index (χ3n) is 6.35. The Balaban J connectivity index is 0.000000566. The molecule has 0 aliphatic heterocycles. The van der Waals surface area contributed by atoms with Crippen molar-refractivity contribution in [2.45, 2.75) is 32.5 Å². The van der Waals surface area contributed by atoms with Crippen molar-refractivity contribution in [3.63, 3.8) is 0 Å². The summed E-state index contributed by atoms with van der Waals surface area (Å²) in [5.74, 6) is -1.09. The van der Waals surface area contributed by atoms with E-state index < -0.39 is 12.1 Å². The molecule has 0 amide bonds. The fraction of sp³-hybridized carbons (Fsp3) is 0.276. The van der Waals surface area contributed by atoms with Crippen molar-refractivity contribution in [2.24, 2.45) is 0 Å². The van der Waals surface area contributed by atoms with Crippen LogP contribution in [0.15, 0.2) is 65.4 Å². The largest absolute Gasteiger partial charge is 0.508 e. The maximum absolute atomic E-state index is 10.6. The van der Waals surface area contributed by atoms with Gasteiger partial charge in [-0.2, -0.15) is 13.2 Å². The first kappa shape index (κ1) is 31.7. The summed E-state index contributed by atoms with van der Waals surface area (Å²) in [6, 6.07) is 17.2. The normalized spacial score (nSPS) is 11.3. The molecule has 0 fully saturated rings. The Morgan fingerprint density at radius 2 is 1.77 bits per heavy atom. The van der Waals surface area contributed by atoms with Crippen molar-refractivity contribution in [1.82, 2.24) is 30.2 Å².